The van der Waals surface area contributed by atoms with Crippen molar-refractivity contribution in [2.45, 2.75) is 25.3 Å². The van der Waals surface area contributed by atoms with Crippen LogP contribution in [0.1, 0.15) is 24.7 Å². The lowest BCUT2D eigenvalue weighted by Crippen LogP contribution is -2.48. The molecule has 4 heterocycles. The number of halogens is 2. The molecule has 0 spiro atoms. The second kappa shape index (κ2) is 5.45. The number of para-hydroxylation sites is 1. The highest BCUT2D eigenvalue weighted by Gasteiger charge is 2.37. The zero-order valence-corrected chi connectivity index (χ0v) is 13.4. The normalized spacial score (nSPS) is 28.4. The van der Waals surface area contributed by atoms with Gasteiger partial charge < -0.3 is 9.47 Å². The van der Waals surface area contributed by atoms with Crippen molar-refractivity contribution in [1.82, 2.24) is 14.5 Å². The molecule has 0 aliphatic carbocycles. The lowest BCUT2D eigenvalue weighted by molar-refractivity contribution is 0.0576. The molecule has 0 amide bonds. The number of piperidine rings is 3. The molecule has 1 unspecified atom stereocenters. The van der Waals surface area contributed by atoms with Crippen LogP contribution in [0, 0.1) is 5.92 Å². The third-order valence-electron chi connectivity index (χ3n) is 5.01. The fraction of sp³-hybridized carbons (Fsp3) is 0.562. The van der Waals surface area contributed by atoms with Crippen molar-refractivity contribution in [2.75, 3.05) is 25.5 Å². The van der Waals surface area contributed by atoms with E-state index < -0.39 is 0 Å². The largest absolute Gasteiger partial charge is 0.322 e. The minimum atomic E-state index is 0.496. The highest BCUT2D eigenvalue weighted by atomic mass is 35.5. The number of hydrogen-bond donors (Lipinski definition) is 0. The Kier molecular flexibility index (Phi) is 3.60. The van der Waals surface area contributed by atoms with Gasteiger partial charge in [0.25, 0.3) is 0 Å². The number of hydrogen-bond acceptors (Lipinski definition) is 2. The molecule has 5 rings (SSSR count). The van der Waals surface area contributed by atoms with Gasteiger partial charge in [0, 0.05) is 18.8 Å². The van der Waals surface area contributed by atoms with Crippen LogP contribution in [-0.2, 0) is 6.42 Å². The van der Waals surface area contributed by atoms with Gasteiger partial charge >= 0.3 is 0 Å². The number of benzene rings is 1. The summed E-state index contributed by atoms with van der Waals surface area (Å²) in [7, 11) is 0. The maximum atomic E-state index is 6.49. The van der Waals surface area contributed by atoms with E-state index in [-0.39, 0.29) is 0 Å². The quantitative estimate of drug-likeness (QED) is 0.802. The van der Waals surface area contributed by atoms with Crippen molar-refractivity contribution < 1.29 is 0 Å². The van der Waals surface area contributed by atoms with Gasteiger partial charge in [-0.05, 0) is 44.0 Å². The standard InChI is InChI=1S/C16H19Cl2N3/c17-7-4-15-19-13-3-1-2-12(18)16(13)21(15)14-10-20-8-5-11(14)6-9-20/h1-3,11,14H,4-10H2. The summed E-state index contributed by atoms with van der Waals surface area (Å²) in [5.41, 5.74) is 2.09. The smallest absolute Gasteiger partial charge is 0.111 e. The van der Waals surface area contributed by atoms with Gasteiger partial charge in [-0.3, -0.25) is 0 Å². The first-order valence-electron chi connectivity index (χ1n) is 7.71. The maximum absolute atomic E-state index is 6.49. The lowest BCUT2D eigenvalue weighted by Gasteiger charge is -2.45. The van der Waals surface area contributed by atoms with Crippen molar-refractivity contribution in [1.29, 1.82) is 0 Å². The van der Waals surface area contributed by atoms with E-state index in [4.69, 9.17) is 28.2 Å². The second-order valence-electron chi connectivity index (χ2n) is 6.15. The fourth-order valence-electron chi connectivity index (χ4n) is 4.00. The number of nitrogens with zero attached hydrogens (tertiary/aromatic N) is 3. The third kappa shape index (κ3) is 2.26. The van der Waals surface area contributed by atoms with Crippen LogP contribution < -0.4 is 0 Å². The van der Waals surface area contributed by atoms with E-state index >= 15 is 0 Å². The van der Waals surface area contributed by atoms with Crippen molar-refractivity contribution >= 4 is 34.2 Å². The highest BCUT2D eigenvalue weighted by molar-refractivity contribution is 6.35. The summed E-state index contributed by atoms with van der Waals surface area (Å²) in [5.74, 6) is 2.44. The molecule has 1 atom stereocenters. The van der Waals surface area contributed by atoms with Crippen LogP contribution >= 0.6 is 23.2 Å². The molecular formula is C16H19Cl2N3. The molecule has 2 aromatic rings. The first-order chi connectivity index (χ1) is 10.3. The molecule has 1 aromatic carbocycles. The molecular weight excluding hydrogens is 305 g/mol. The molecule has 3 saturated heterocycles. The first kappa shape index (κ1) is 13.9. The van der Waals surface area contributed by atoms with E-state index in [1.807, 2.05) is 12.1 Å². The minimum Gasteiger partial charge on any atom is -0.322 e. The molecule has 0 N–H and O–H groups in total. The summed E-state index contributed by atoms with van der Waals surface area (Å²) < 4.78 is 2.40. The molecule has 0 saturated carbocycles. The zero-order chi connectivity index (χ0) is 14.4. The third-order valence-corrected chi connectivity index (χ3v) is 5.50. The number of aromatic nitrogens is 2. The Hall–Kier alpha value is -0.770. The number of alkyl halides is 1. The van der Waals surface area contributed by atoms with Crippen LogP contribution in [-0.4, -0.2) is 40.0 Å². The van der Waals surface area contributed by atoms with Crippen molar-refractivity contribution in [3.8, 4) is 0 Å². The average molecular weight is 324 g/mol. The summed E-state index contributed by atoms with van der Waals surface area (Å²) in [6, 6.07) is 6.49. The van der Waals surface area contributed by atoms with E-state index in [9.17, 15) is 0 Å². The monoisotopic (exact) mass is 323 g/mol. The van der Waals surface area contributed by atoms with E-state index in [2.05, 4.69) is 15.5 Å². The number of rotatable bonds is 3. The number of imidazole rings is 1. The van der Waals surface area contributed by atoms with Gasteiger partial charge in [0.2, 0.25) is 0 Å². The lowest BCUT2D eigenvalue weighted by atomic mass is 9.83. The average Bonchev–Trinajstić information content (AvgIpc) is 2.88. The van der Waals surface area contributed by atoms with Gasteiger partial charge in [-0.1, -0.05) is 17.7 Å². The fourth-order valence-corrected chi connectivity index (χ4v) is 4.43. The van der Waals surface area contributed by atoms with E-state index in [1.165, 1.54) is 25.9 Å². The number of fused-ring (bicyclic) bond motifs is 4. The van der Waals surface area contributed by atoms with E-state index in [0.717, 1.165) is 40.8 Å². The second-order valence-corrected chi connectivity index (χ2v) is 6.94. The number of aryl methyl sites for hydroxylation is 1. The highest BCUT2D eigenvalue weighted by Crippen LogP contribution is 2.39. The van der Waals surface area contributed by atoms with Crippen LogP contribution in [0.5, 0.6) is 0 Å². The van der Waals surface area contributed by atoms with Crippen LogP contribution in [0.2, 0.25) is 5.02 Å². The molecule has 21 heavy (non-hydrogen) atoms. The van der Waals surface area contributed by atoms with E-state index in [1.54, 1.807) is 0 Å². The Morgan fingerprint density at radius 3 is 2.71 bits per heavy atom. The van der Waals surface area contributed by atoms with Crippen LogP contribution in [0.4, 0.5) is 0 Å². The van der Waals surface area contributed by atoms with Crippen molar-refractivity contribution in [3.63, 3.8) is 0 Å². The van der Waals surface area contributed by atoms with Gasteiger partial charge in [-0.2, -0.15) is 0 Å². The van der Waals surface area contributed by atoms with Gasteiger partial charge in [0.1, 0.15) is 5.82 Å². The Morgan fingerprint density at radius 2 is 2.05 bits per heavy atom. The molecule has 3 aliphatic rings. The zero-order valence-electron chi connectivity index (χ0n) is 11.9. The molecule has 3 fully saturated rings. The molecule has 2 bridgehead atoms. The van der Waals surface area contributed by atoms with E-state index in [0.29, 0.717) is 11.9 Å². The summed E-state index contributed by atoms with van der Waals surface area (Å²) >= 11 is 12.5. The summed E-state index contributed by atoms with van der Waals surface area (Å²) in [4.78, 5) is 7.36. The minimum absolute atomic E-state index is 0.496. The Balaban J connectivity index is 1.87. The maximum Gasteiger partial charge on any atom is 0.111 e. The predicted molar refractivity (Wildman–Crippen MR) is 87.4 cm³/mol. The van der Waals surface area contributed by atoms with Crippen LogP contribution in [0.3, 0.4) is 0 Å². The molecule has 3 aliphatic heterocycles. The predicted octanol–water partition coefficient (Wildman–Crippen LogP) is 3.74. The van der Waals surface area contributed by atoms with Crippen LogP contribution in [0.15, 0.2) is 18.2 Å². The van der Waals surface area contributed by atoms with Crippen LogP contribution in [0.25, 0.3) is 11.0 Å². The Morgan fingerprint density at radius 1 is 1.24 bits per heavy atom. The van der Waals surface area contributed by atoms with Gasteiger partial charge in [-0.25, -0.2) is 4.98 Å². The van der Waals surface area contributed by atoms with Gasteiger partial charge in [-0.15, -0.1) is 11.6 Å². The van der Waals surface area contributed by atoms with Gasteiger partial charge in [0.05, 0.1) is 22.1 Å². The van der Waals surface area contributed by atoms with Gasteiger partial charge in [0.15, 0.2) is 0 Å². The van der Waals surface area contributed by atoms with Crippen molar-refractivity contribution in [2.24, 2.45) is 5.92 Å². The molecule has 1 aromatic heterocycles. The SMILES string of the molecule is ClCCc1nc2cccc(Cl)c2n1C1CN2CCC1CC2. The molecule has 3 nitrogen and oxygen atoms in total. The summed E-state index contributed by atoms with van der Waals surface area (Å²) in [5, 5.41) is 0.803. The first-order valence-corrected chi connectivity index (χ1v) is 8.63. The summed E-state index contributed by atoms with van der Waals surface area (Å²) in [6.07, 6.45) is 3.37. The molecule has 0 radical (unpaired) electrons. The molecule has 5 heteroatoms. The topological polar surface area (TPSA) is 21.1 Å². The van der Waals surface area contributed by atoms with Crippen molar-refractivity contribution in [3.05, 3.63) is 29.0 Å². The summed E-state index contributed by atoms with van der Waals surface area (Å²) in [6.45, 7) is 3.61. The molecule has 112 valence electrons. The Labute approximate surface area is 134 Å². The Bertz CT molecular complexity index is 659.